The summed E-state index contributed by atoms with van der Waals surface area (Å²) in [6.07, 6.45) is 4.71. The number of nitrogens with one attached hydrogen (secondary N) is 1. The number of amides is 2. The number of sulfone groups is 1. The van der Waals surface area contributed by atoms with Crippen molar-refractivity contribution < 1.29 is 18.0 Å². The van der Waals surface area contributed by atoms with Crippen LogP contribution in [0.15, 0.2) is 12.3 Å². The number of likely N-dealkylation sites (tertiary alicyclic amines) is 1. The van der Waals surface area contributed by atoms with Gasteiger partial charge in [0.1, 0.15) is 11.5 Å². The van der Waals surface area contributed by atoms with E-state index in [-0.39, 0.29) is 58.6 Å². The maximum absolute atomic E-state index is 13.7. The van der Waals surface area contributed by atoms with Gasteiger partial charge in [-0.3, -0.25) is 9.59 Å². The highest BCUT2D eigenvalue weighted by Crippen LogP contribution is 2.35. The lowest BCUT2D eigenvalue weighted by atomic mass is 9.97. The number of aryl methyl sites for hydroxylation is 1. The van der Waals surface area contributed by atoms with Crippen molar-refractivity contribution in [3.8, 4) is 10.4 Å². The van der Waals surface area contributed by atoms with Gasteiger partial charge in [0.2, 0.25) is 0 Å². The first kappa shape index (κ1) is 27.5. The predicted molar refractivity (Wildman–Crippen MR) is 147 cm³/mol. The van der Waals surface area contributed by atoms with Gasteiger partial charge in [-0.15, -0.1) is 11.3 Å². The van der Waals surface area contributed by atoms with Crippen LogP contribution in [0.2, 0.25) is 0 Å². The van der Waals surface area contributed by atoms with Crippen LogP contribution in [-0.2, 0) is 9.84 Å². The molecule has 2 aliphatic rings. The zero-order valence-electron chi connectivity index (χ0n) is 22.3. The second-order valence-corrected chi connectivity index (χ2v) is 14.6. The third kappa shape index (κ3) is 6.49. The van der Waals surface area contributed by atoms with Gasteiger partial charge in [0.15, 0.2) is 14.8 Å². The third-order valence-electron chi connectivity index (χ3n) is 6.86. The SMILES string of the molecule is Cc1cc(NCC(C)(C)C)ncc1-c1sc(C(=O)N2CCS(=O)(=O)CC2)nc1C(=O)N1CCCC[C@@H]1C. The first-order chi connectivity index (χ1) is 17.3. The van der Waals surface area contributed by atoms with Crippen molar-refractivity contribution in [2.45, 2.75) is 59.9 Å². The Morgan fingerprint density at radius 3 is 2.46 bits per heavy atom. The van der Waals surface area contributed by atoms with Crippen LogP contribution in [0.5, 0.6) is 0 Å². The Bertz CT molecular complexity index is 1270. The average Bonchev–Trinajstić information content (AvgIpc) is 3.27. The summed E-state index contributed by atoms with van der Waals surface area (Å²) in [5, 5.41) is 3.57. The summed E-state index contributed by atoms with van der Waals surface area (Å²) in [6, 6.07) is 2.06. The highest BCUT2D eigenvalue weighted by atomic mass is 32.2. The normalized spacial score (nSPS) is 20.1. The van der Waals surface area contributed by atoms with Crippen molar-refractivity contribution in [1.82, 2.24) is 19.8 Å². The summed E-state index contributed by atoms with van der Waals surface area (Å²) in [6.45, 7) is 12.2. The second kappa shape index (κ2) is 10.7. The lowest BCUT2D eigenvalue weighted by Crippen LogP contribution is -2.44. The number of hydrogen-bond donors (Lipinski definition) is 1. The van der Waals surface area contributed by atoms with Crippen molar-refractivity contribution in [2.24, 2.45) is 5.41 Å². The molecule has 2 fully saturated rings. The molecule has 4 heterocycles. The number of carbonyl (C=O) groups is 2. The molecule has 202 valence electrons. The maximum Gasteiger partial charge on any atom is 0.282 e. The van der Waals surface area contributed by atoms with Crippen LogP contribution < -0.4 is 5.32 Å². The van der Waals surface area contributed by atoms with Gasteiger partial charge in [0, 0.05) is 44.0 Å². The minimum atomic E-state index is -3.12. The number of rotatable bonds is 5. The molecule has 0 aliphatic carbocycles. The van der Waals surface area contributed by atoms with Gasteiger partial charge in [0.05, 0.1) is 16.4 Å². The van der Waals surface area contributed by atoms with Crippen molar-refractivity contribution >= 4 is 38.8 Å². The minimum Gasteiger partial charge on any atom is -0.370 e. The van der Waals surface area contributed by atoms with Crippen LogP contribution in [0.1, 0.15) is 72.8 Å². The van der Waals surface area contributed by atoms with E-state index in [9.17, 15) is 18.0 Å². The fourth-order valence-electron chi connectivity index (χ4n) is 4.57. The Morgan fingerprint density at radius 1 is 1.14 bits per heavy atom. The van der Waals surface area contributed by atoms with E-state index in [1.165, 1.54) is 16.2 Å². The molecule has 0 radical (unpaired) electrons. The van der Waals surface area contributed by atoms with E-state index in [1.54, 1.807) is 6.20 Å². The first-order valence-corrected chi connectivity index (χ1v) is 15.5. The lowest BCUT2D eigenvalue weighted by molar-refractivity contribution is 0.0631. The van der Waals surface area contributed by atoms with Gasteiger partial charge in [-0.2, -0.15) is 0 Å². The highest BCUT2D eigenvalue weighted by molar-refractivity contribution is 7.91. The van der Waals surface area contributed by atoms with Crippen molar-refractivity contribution in [1.29, 1.82) is 0 Å². The fourth-order valence-corrected chi connectivity index (χ4v) is 6.87. The summed E-state index contributed by atoms with van der Waals surface area (Å²) in [7, 11) is -3.12. The summed E-state index contributed by atoms with van der Waals surface area (Å²) in [5.41, 5.74) is 2.07. The molecule has 11 heteroatoms. The van der Waals surface area contributed by atoms with Crippen molar-refractivity contribution in [2.75, 3.05) is 43.0 Å². The number of nitrogens with zero attached hydrogens (tertiary/aromatic N) is 4. The molecule has 1 N–H and O–H groups in total. The van der Waals surface area contributed by atoms with Crippen molar-refractivity contribution in [3.05, 3.63) is 28.5 Å². The zero-order valence-corrected chi connectivity index (χ0v) is 24.0. The molecule has 2 amide bonds. The van der Waals surface area contributed by atoms with E-state index in [4.69, 9.17) is 0 Å². The summed E-state index contributed by atoms with van der Waals surface area (Å²) >= 11 is 1.19. The zero-order chi connectivity index (χ0) is 27.0. The van der Waals surface area contributed by atoms with Crippen LogP contribution in [0, 0.1) is 12.3 Å². The van der Waals surface area contributed by atoms with Gasteiger partial charge in [-0.1, -0.05) is 20.8 Å². The number of aromatic nitrogens is 2. The molecule has 9 nitrogen and oxygen atoms in total. The molecule has 0 bridgehead atoms. The van der Waals surface area contributed by atoms with Crippen LogP contribution >= 0.6 is 11.3 Å². The second-order valence-electron chi connectivity index (χ2n) is 11.3. The number of thiazole rings is 1. The predicted octanol–water partition coefficient (Wildman–Crippen LogP) is 3.86. The molecule has 0 aromatic carbocycles. The monoisotopic (exact) mass is 547 g/mol. The summed E-state index contributed by atoms with van der Waals surface area (Å²) in [4.78, 5) is 40.2. The molecular weight excluding hydrogens is 510 g/mol. The lowest BCUT2D eigenvalue weighted by Gasteiger charge is -2.33. The van der Waals surface area contributed by atoms with E-state index in [0.717, 1.165) is 42.8 Å². The van der Waals surface area contributed by atoms with Crippen molar-refractivity contribution in [3.63, 3.8) is 0 Å². The Morgan fingerprint density at radius 2 is 1.84 bits per heavy atom. The van der Waals surface area contributed by atoms with E-state index in [1.807, 2.05) is 24.8 Å². The van der Waals surface area contributed by atoms with Crippen LogP contribution in [0.3, 0.4) is 0 Å². The molecule has 37 heavy (non-hydrogen) atoms. The molecule has 2 aliphatic heterocycles. The molecule has 1 atom stereocenters. The highest BCUT2D eigenvalue weighted by Gasteiger charge is 2.33. The molecule has 0 saturated carbocycles. The quantitative estimate of drug-likeness (QED) is 0.605. The Hall–Kier alpha value is -2.53. The molecule has 0 spiro atoms. The average molecular weight is 548 g/mol. The molecule has 0 unspecified atom stereocenters. The summed E-state index contributed by atoms with van der Waals surface area (Å²) in [5.74, 6) is 0.137. The number of pyridine rings is 1. The number of anilines is 1. The largest absolute Gasteiger partial charge is 0.370 e. The Labute approximate surface area is 223 Å². The molecule has 2 saturated heterocycles. The Balaban J connectivity index is 1.69. The standard InChI is InChI=1S/C26H37N5O4S2/c1-17-14-20(28-16-26(3,4)5)27-15-19(17)22-21(24(32)31-9-7-6-8-18(31)2)29-23(36-22)25(33)30-10-12-37(34,35)13-11-30/h14-15,18H,6-13,16H2,1-5H3,(H,27,28)/t18-/m0/s1. The smallest absolute Gasteiger partial charge is 0.282 e. The van der Waals surface area contributed by atoms with E-state index in [0.29, 0.717) is 11.4 Å². The van der Waals surface area contributed by atoms with Gasteiger partial charge in [-0.05, 0) is 50.2 Å². The summed E-state index contributed by atoms with van der Waals surface area (Å²) < 4.78 is 23.7. The topological polar surface area (TPSA) is 113 Å². The van der Waals surface area contributed by atoms with E-state index >= 15 is 0 Å². The van der Waals surface area contributed by atoms with Gasteiger partial charge < -0.3 is 15.1 Å². The van der Waals surface area contributed by atoms with Gasteiger partial charge in [-0.25, -0.2) is 18.4 Å². The van der Waals surface area contributed by atoms with Crippen LogP contribution in [0.25, 0.3) is 10.4 Å². The number of piperidine rings is 1. The number of hydrogen-bond acceptors (Lipinski definition) is 8. The van der Waals surface area contributed by atoms with E-state index in [2.05, 4.69) is 36.1 Å². The fraction of sp³-hybridized carbons (Fsp3) is 0.615. The molecular formula is C26H37N5O4S2. The van der Waals surface area contributed by atoms with E-state index < -0.39 is 9.84 Å². The first-order valence-electron chi connectivity index (χ1n) is 12.9. The molecule has 2 aromatic rings. The van der Waals surface area contributed by atoms with Gasteiger partial charge in [0.25, 0.3) is 11.8 Å². The maximum atomic E-state index is 13.7. The number of carbonyl (C=O) groups excluding carboxylic acids is 2. The van der Waals surface area contributed by atoms with Gasteiger partial charge >= 0.3 is 0 Å². The minimum absolute atomic E-state index is 0.0554. The molecule has 2 aromatic heterocycles. The van der Waals surface area contributed by atoms with Crippen LogP contribution in [0.4, 0.5) is 5.82 Å². The Kier molecular flexibility index (Phi) is 7.94. The van der Waals surface area contributed by atoms with Crippen LogP contribution in [-0.4, -0.2) is 83.7 Å². The third-order valence-corrected chi connectivity index (χ3v) is 9.55. The molecule has 4 rings (SSSR count).